The first kappa shape index (κ1) is 18.8. The lowest BCUT2D eigenvalue weighted by atomic mass is 9.99. The summed E-state index contributed by atoms with van der Waals surface area (Å²) >= 11 is 0. The molecule has 0 aliphatic carbocycles. The van der Waals surface area contributed by atoms with Crippen molar-refractivity contribution in [3.63, 3.8) is 0 Å². The fourth-order valence-electron chi connectivity index (χ4n) is 2.81. The van der Waals surface area contributed by atoms with Crippen LogP contribution < -0.4 is 10.9 Å². The zero-order valence-electron chi connectivity index (χ0n) is 12.9. The highest BCUT2D eigenvalue weighted by Crippen LogP contribution is 2.28. The molecule has 2 N–H and O–H groups in total. The first-order valence-electron chi connectivity index (χ1n) is 7.21. The van der Waals surface area contributed by atoms with Gasteiger partial charge in [0.2, 0.25) is 0 Å². The molecule has 122 valence electrons. The highest BCUT2D eigenvalue weighted by Gasteiger charge is 2.16. The summed E-state index contributed by atoms with van der Waals surface area (Å²) in [5, 5.41) is 4.56. The molecule has 0 bridgehead atoms. The zero-order valence-corrected chi connectivity index (χ0v) is 14.6. The van der Waals surface area contributed by atoms with Crippen LogP contribution in [0.3, 0.4) is 0 Å². The summed E-state index contributed by atoms with van der Waals surface area (Å²) in [7, 11) is 4.17. The van der Waals surface area contributed by atoms with Gasteiger partial charge in [-0.3, -0.25) is 4.79 Å². The SMILES string of the molecule is CN(C)CCc1ccc2[nH]c(=O)c3c(c2c1)NCCC3.Cl.Cl. The van der Waals surface area contributed by atoms with E-state index in [0.29, 0.717) is 0 Å². The molecule has 0 saturated carbocycles. The highest BCUT2D eigenvalue weighted by molar-refractivity contribution is 5.93. The minimum Gasteiger partial charge on any atom is -0.384 e. The van der Waals surface area contributed by atoms with E-state index in [1.54, 1.807) is 0 Å². The first-order valence-corrected chi connectivity index (χ1v) is 7.21. The van der Waals surface area contributed by atoms with Gasteiger partial charge in [-0.05, 0) is 51.1 Å². The van der Waals surface area contributed by atoms with Crippen molar-refractivity contribution in [3.8, 4) is 0 Å². The number of nitrogens with zero attached hydrogens (tertiary/aromatic N) is 1. The van der Waals surface area contributed by atoms with Crippen LogP contribution in [0.1, 0.15) is 17.5 Å². The van der Waals surface area contributed by atoms with E-state index >= 15 is 0 Å². The van der Waals surface area contributed by atoms with Gasteiger partial charge in [0, 0.05) is 24.0 Å². The maximum absolute atomic E-state index is 12.1. The van der Waals surface area contributed by atoms with Gasteiger partial charge >= 0.3 is 0 Å². The molecule has 0 unspecified atom stereocenters. The Labute approximate surface area is 143 Å². The zero-order chi connectivity index (χ0) is 14.1. The Morgan fingerprint density at radius 1 is 1.23 bits per heavy atom. The van der Waals surface area contributed by atoms with Gasteiger partial charge in [-0.1, -0.05) is 6.07 Å². The Morgan fingerprint density at radius 3 is 2.73 bits per heavy atom. The molecule has 2 heterocycles. The van der Waals surface area contributed by atoms with Gasteiger partial charge < -0.3 is 15.2 Å². The Hall–Kier alpha value is -1.23. The van der Waals surface area contributed by atoms with Crippen molar-refractivity contribution in [2.24, 2.45) is 0 Å². The van der Waals surface area contributed by atoms with Crippen LogP contribution in [-0.4, -0.2) is 37.1 Å². The van der Waals surface area contributed by atoms with E-state index in [1.165, 1.54) is 5.56 Å². The van der Waals surface area contributed by atoms with Crippen LogP contribution >= 0.6 is 24.8 Å². The summed E-state index contributed by atoms with van der Waals surface area (Å²) < 4.78 is 0. The average Bonchev–Trinajstić information content (AvgIpc) is 2.46. The number of hydrogen-bond donors (Lipinski definition) is 2. The highest BCUT2D eigenvalue weighted by atomic mass is 35.5. The molecule has 0 saturated heterocycles. The number of benzene rings is 1. The maximum atomic E-state index is 12.1. The van der Waals surface area contributed by atoms with E-state index in [1.807, 2.05) is 6.07 Å². The summed E-state index contributed by atoms with van der Waals surface area (Å²) in [6, 6.07) is 6.35. The molecule has 1 aliphatic rings. The molecular formula is C16H23Cl2N3O. The van der Waals surface area contributed by atoms with Gasteiger partial charge in [-0.2, -0.15) is 0 Å². The molecule has 0 radical (unpaired) electrons. The number of halogens is 2. The average molecular weight is 344 g/mol. The number of rotatable bonds is 3. The third-order valence-electron chi connectivity index (χ3n) is 3.93. The minimum absolute atomic E-state index is 0. The van der Waals surface area contributed by atoms with E-state index in [-0.39, 0.29) is 30.4 Å². The van der Waals surface area contributed by atoms with Gasteiger partial charge in [0.05, 0.1) is 11.2 Å². The molecule has 1 aliphatic heterocycles. The van der Waals surface area contributed by atoms with Crippen LogP contribution in [0, 0.1) is 0 Å². The van der Waals surface area contributed by atoms with Gasteiger partial charge in [-0.25, -0.2) is 0 Å². The van der Waals surface area contributed by atoms with Crippen LogP contribution in [0.2, 0.25) is 0 Å². The lowest BCUT2D eigenvalue weighted by Crippen LogP contribution is -2.22. The first-order chi connectivity index (χ1) is 9.65. The van der Waals surface area contributed by atoms with E-state index in [9.17, 15) is 4.79 Å². The van der Waals surface area contributed by atoms with Gasteiger partial charge in [-0.15, -0.1) is 24.8 Å². The van der Waals surface area contributed by atoms with Crippen LogP contribution in [-0.2, 0) is 12.8 Å². The third kappa shape index (κ3) is 3.75. The summed E-state index contributed by atoms with van der Waals surface area (Å²) in [5.41, 5.74) is 4.25. The van der Waals surface area contributed by atoms with Crippen LogP contribution in [0.5, 0.6) is 0 Å². The van der Waals surface area contributed by atoms with Crippen molar-refractivity contribution in [1.29, 1.82) is 0 Å². The van der Waals surface area contributed by atoms with Crippen LogP contribution in [0.4, 0.5) is 5.69 Å². The standard InChI is InChI=1S/C16H21N3O.2ClH/c1-19(2)9-7-11-5-6-14-13(10-11)15-12(16(20)18-14)4-3-8-17-15;;/h5-6,10,17H,3-4,7-9H2,1-2H3,(H,18,20);2*1H. The van der Waals surface area contributed by atoms with E-state index < -0.39 is 0 Å². The molecule has 1 aromatic heterocycles. The normalized spacial score (nSPS) is 13.0. The molecule has 1 aromatic carbocycles. The molecule has 4 nitrogen and oxygen atoms in total. The molecule has 0 amide bonds. The molecule has 6 heteroatoms. The Morgan fingerprint density at radius 2 is 2.00 bits per heavy atom. The molecule has 3 rings (SSSR count). The van der Waals surface area contributed by atoms with Crippen molar-refractivity contribution in [2.75, 3.05) is 32.5 Å². The number of pyridine rings is 1. The van der Waals surface area contributed by atoms with Crippen molar-refractivity contribution in [3.05, 3.63) is 39.7 Å². The van der Waals surface area contributed by atoms with Gasteiger partial charge in [0.15, 0.2) is 0 Å². The fraction of sp³-hybridized carbons (Fsp3) is 0.438. The lowest BCUT2D eigenvalue weighted by Gasteiger charge is -2.19. The smallest absolute Gasteiger partial charge is 0.253 e. The van der Waals surface area contributed by atoms with E-state index in [0.717, 1.165) is 54.5 Å². The number of anilines is 1. The number of likely N-dealkylation sites (N-methyl/N-ethyl adjacent to an activating group) is 1. The van der Waals surface area contributed by atoms with Crippen molar-refractivity contribution in [2.45, 2.75) is 19.3 Å². The molecular weight excluding hydrogens is 321 g/mol. The Kier molecular flexibility index (Phi) is 6.72. The van der Waals surface area contributed by atoms with Crippen molar-refractivity contribution in [1.82, 2.24) is 9.88 Å². The van der Waals surface area contributed by atoms with Gasteiger partial charge in [0.25, 0.3) is 5.56 Å². The molecule has 22 heavy (non-hydrogen) atoms. The summed E-state index contributed by atoms with van der Waals surface area (Å²) in [4.78, 5) is 17.3. The predicted molar refractivity (Wildman–Crippen MR) is 98.1 cm³/mol. The second-order valence-corrected chi connectivity index (χ2v) is 5.77. The van der Waals surface area contributed by atoms with Crippen LogP contribution in [0.25, 0.3) is 10.9 Å². The number of aromatic nitrogens is 1. The molecule has 2 aromatic rings. The minimum atomic E-state index is 0. The largest absolute Gasteiger partial charge is 0.384 e. The maximum Gasteiger partial charge on any atom is 0.253 e. The van der Waals surface area contributed by atoms with E-state index in [4.69, 9.17) is 0 Å². The predicted octanol–water partition coefficient (Wildman–Crippen LogP) is 2.83. The van der Waals surface area contributed by atoms with E-state index in [2.05, 4.69) is 41.4 Å². The number of H-pyrrole nitrogens is 1. The summed E-state index contributed by atoms with van der Waals surface area (Å²) in [6.45, 7) is 1.98. The van der Waals surface area contributed by atoms with Crippen LogP contribution in [0.15, 0.2) is 23.0 Å². The summed E-state index contributed by atoms with van der Waals surface area (Å²) in [6.07, 6.45) is 2.92. The topological polar surface area (TPSA) is 48.1 Å². The van der Waals surface area contributed by atoms with Crippen molar-refractivity contribution >= 4 is 41.4 Å². The summed E-state index contributed by atoms with van der Waals surface area (Å²) in [5.74, 6) is 0. The second kappa shape index (κ2) is 7.86. The van der Waals surface area contributed by atoms with Crippen molar-refractivity contribution < 1.29 is 0 Å². The third-order valence-corrected chi connectivity index (χ3v) is 3.93. The Bertz CT molecular complexity index is 698. The molecule has 0 fully saturated rings. The van der Waals surface area contributed by atoms with Gasteiger partial charge in [0.1, 0.15) is 0 Å². The number of aromatic amines is 1. The number of nitrogens with one attached hydrogen (secondary N) is 2. The molecule has 0 atom stereocenters. The monoisotopic (exact) mass is 343 g/mol. The fourth-order valence-corrected chi connectivity index (χ4v) is 2.81. The Balaban J connectivity index is 0.00000121. The second-order valence-electron chi connectivity index (χ2n) is 5.77. The quantitative estimate of drug-likeness (QED) is 0.900. The number of fused-ring (bicyclic) bond motifs is 3. The molecule has 0 spiro atoms. The lowest BCUT2D eigenvalue weighted by molar-refractivity contribution is 0.414. The number of hydrogen-bond acceptors (Lipinski definition) is 3.